The zero-order chi connectivity index (χ0) is 15.5. The molecule has 0 spiro atoms. The van der Waals surface area contributed by atoms with Crippen LogP contribution in [0.25, 0.3) is 0 Å². The van der Waals surface area contributed by atoms with Gasteiger partial charge in [-0.15, -0.1) is 11.3 Å². The van der Waals surface area contributed by atoms with E-state index in [1.165, 1.54) is 17.0 Å². The van der Waals surface area contributed by atoms with Crippen molar-refractivity contribution in [2.24, 2.45) is 5.92 Å². The van der Waals surface area contributed by atoms with Gasteiger partial charge in [0.1, 0.15) is 5.75 Å². The van der Waals surface area contributed by atoms with Gasteiger partial charge in [-0.1, -0.05) is 19.1 Å². The van der Waals surface area contributed by atoms with Crippen molar-refractivity contribution < 1.29 is 9.53 Å². The van der Waals surface area contributed by atoms with Crippen LogP contribution in [-0.4, -0.2) is 18.0 Å². The van der Waals surface area contributed by atoms with Crippen molar-refractivity contribution in [1.29, 1.82) is 0 Å². The minimum absolute atomic E-state index is 0.0238. The molecule has 2 aromatic rings. The number of anilines is 1. The highest BCUT2D eigenvalue weighted by Crippen LogP contribution is 2.32. The molecule has 1 N–H and O–H groups in total. The zero-order valence-corrected chi connectivity index (χ0v) is 13.7. The highest BCUT2D eigenvalue weighted by Gasteiger charge is 2.20. The van der Waals surface area contributed by atoms with E-state index in [9.17, 15) is 4.79 Å². The molecule has 1 aliphatic carbocycles. The summed E-state index contributed by atoms with van der Waals surface area (Å²) in [6.07, 6.45) is 3.66. The van der Waals surface area contributed by atoms with E-state index in [4.69, 9.17) is 4.74 Å². The number of benzene rings is 1. The Balaban J connectivity index is 1.61. The maximum absolute atomic E-state index is 12.1. The molecule has 3 rings (SSSR count). The van der Waals surface area contributed by atoms with Crippen LogP contribution in [0.4, 0.5) is 5.13 Å². The lowest BCUT2D eigenvalue weighted by Gasteiger charge is -2.15. The van der Waals surface area contributed by atoms with Gasteiger partial charge in [-0.3, -0.25) is 4.79 Å². The highest BCUT2D eigenvalue weighted by molar-refractivity contribution is 7.15. The minimum Gasteiger partial charge on any atom is -0.497 e. The summed E-state index contributed by atoms with van der Waals surface area (Å²) in [5.74, 6) is 1.49. The molecule has 1 aliphatic rings. The van der Waals surface area contributed by atoms with Crippen LogP contribution >= 0.6 is 11.3 Å². The van der Waals surface area contributed by atoms with Gasteiger partial charge in [0.05, 0.1) is 19.2 Å². The summed E-state index contributed by atoms with van der Waals surface area (Å²) in [5.41, 5.74) is 2.14. The molecular weight excluding hydrogens is 296 g/mol. The first kappa shape index (κ1) is 15.0. The monoisotopic (exact) mass is 316 g/mol. The zero-order valence-electron chi connectivity index (χ0n) is 12.9. The minimum atomic E-state index is -0.0238. The molecule has 1 aromatic heterocycles. The predicted molar refractivity (Wildman–Crippen MR) is 88.6 cm³/mol. The molecule has 1 amide bonds. The first-order valence-electron chi connectivity index (χ1n) is 7.55. The molecule has 22 heavy (non-hydrogen) atoms. The van der Waals surface area contributed by atoms with Crippen molar-refractivity contribution >= 4 is 22.4 Å². The Hall–Kier alpha value is -1.88. The van der Waals surface area contributed by atoms with Gasteiger partial charge in [0.2, 0.25) is 5.91 Å². The second-order valence-corrected chi connectivity index (χ2v) is 6.89. The van der Waals surface area contributed by atoms with Crippen LogP contribution in [0.15, 0.2) is 24.3 Å². The molecule has 0 fully saturated rings. The van der Waals surface area contributed by atoms with Gasteiger partial charge in [-0.25, -0.2) is 4.98 Å². The molecule has 4 nitrogen and oxygen atoms in total. The first-order chi connectivity index (χ1) is 10.6. The summed E-state index contributed by atoms with van der Waals surface area (Å²) >= 11 is 1.62. The molecule has 1 atom stereocenters. The maximum atomic E-state index is 12.1. The van der Waals surface area contributed by atoms with E-state index in [-0.39, 0.29) is 5.91 Å². The first-order valence-corrected chi connectivity index (χ1v) is 8.37. The molecule has 1 heterocycles. The molecular formula is C17H20N2O2S. The van der Waals surface area contributed by atoms with Crippen LogP contribution in [0.3, 0.4) is 0 Å². The fourth-order valence-electron chi connectivity index (χ4n) is 2.69. The van der Waals surface area contributed by atoms with Crippen LogP contribution in [0, 0.1) is 5.92 Å². The average Bonchev–Trinajstić information content (AvgIpc) is 2.89. The van der Waals surface area contributed by atoms with Gasteiger partial charge in [0, 0.05) is 4.88 Å². The van der Waals surface area contributed by atoms with Gasteiger partial charge < -0.3 is 10.1 Å². The molecule has 5 heteroatoms. The SMILES string of the molecule is COc1ccc(CC(=O)Nc2nc3c(s2)C[C@H](C)CC3)cc1. The smallest absolute Gasteiger partial charge is 0.230 e. The van der Waals surface area contributed by atoms with Crippen molar-refractivity contribution in [2.75, 3.05) is 12.4 Å². The summed E-state index contributed by atoms with van der Waals surface area (Å²) < 4.78 is 5.12. The summed E-state index contributed by atoms with van der Waals surface area (Å²) in [5, 5.41) is 3.66. The molecule has 0 saturated heterocycles. The van der Waals surface area contributed by atoms with Crippen LogP contribution in [-0.2, 0) is 24.1 Å². The number of ether oxygens (including phenoxy) is 1. The second-order valence-electron chi connectivity index (χ2n) is 5.81. The topological polar surface area (TPSA) is 51.2 Å². The van der Waals surface area contributed by atoms with Gasteiger partial charge in [-0.05, 0) is 42.9 Å². The Labute approximate surface area is 134 Å². The van der Waals surface area contributed by atoms with Crippen molar-refractivity contribution in [3.05, 3.63) is 40.4 Å². The number of hydrogen-bond acceptors (Lipinski definition) is 4. The van der Waals surface area contributed by atoms with Crippen LogP contribution in [0.5, 0.6) is 5.75 Å². The normalized spacial score (nSPS) is 16.9. The van der Waals surface area contributed by atoms with E-state index in [1.807, 2.05) is 24.3 Å². The molecule has 116 valence electrons. The average molecular weight is 316 g/mol. The quantitative estimate of drug-likeness (QED) is 0.940. The van der Waals surface area contributed by atoms with Gasteiger partial charge in [0.25, 0.3) is 0 Å². The number of carbonyl (C=O) groups is 1. The number of rotatable bonds is 4. The lowest BCUT2D eigenvalue weighted by molar-refractivity contribution is -0.115. The number of nitrogens with zero attached hydrogens (tertiary/aromatic N) is 1. The van der Waals surface area contributed by atoms with Crippen molar-refractivity contribution in [2.45, 2.75) is 32.6 Å². The Morgan fingerprint density at radius 1 is 1.41 bits per heavy atom. The number of fused-ring (bicyclic) bond motifs is 1. The lowest BCUT2D eigenvalue weighted by Crippen LogP contribution is -2.14. The Bertz CT molecular complexity index is 664. The number of methoxy groups -OCH3 is 1. The van der Waals surface area contributed by atoms with Gasteiger partial charge in [-0.2, -0.15) is 0 Å². The number of amides is 1. The van der Waals surface area contributed by atoms with Crippen LogP contribution in [0.1, 0.15) is 29.5 Å². The number of thiazole rings is 1. The fourth-order valence-corrected chi connectivity index (χ4v) is 3.87. The molecule has 0 radical (unpaired) electrons. The van der Waals surface area contributed by atoms with E-state index in [2.05, 4.69) is 17.2 Å². The highest BCUT2D eigenvalue weighted by atomic mass is 32.1. The molecule has 0 aliphatic heterocycles. The number of carbonyl (C=O) groups excluding carboxylic acids is 1. The van der Waals surface area contributed by atoms with Crippen molar-refractivity contribution in [3.8, 4) is 5.75 Å². The second kappa shape index (κ2) is 6.48. The third-order valence-corrected chi connectivity index (χ3v) is 4.99. The summed E-state index contributed by atoms with van der Waals surface area (Å²) in [7, 11) is 1.63. The summed E-state index contributed by atoms with van der Waals surface area (Å²) in [6.45, 7) is 2.27. The van der Waals surface area contributed by atoms with E-state index >= 15 is 0 Å². The van der Waals surface area contributed by atoms with E-state index < -0.39 is 0 Å². The van der Waals surface area contributed by atoms with E-state index in [0.29, 0.717) is 6.42 Å². The number of aromatic nitrogens is 1. The Morgan fingerprint density at radius 3 is 2.91 bits per heavy atom. The Morgan fingerprint density at radius 2 is 2.18 bits per heavy atom. The fraction of sp³-hybridized carbons (Fsp3) is 0.412. The molecule has 0 saturated carbocycles. The summed E-state index contributed by atoms with van der Waals surface area (Å²) in [6, 6.07) is 7.55. The lowest BCUT2D eigenvalue weighted by atomic mass is 9.93. The third kappa shape index (κ3) is 3.47. The number of aryl methyl sites for hydroxylation is 1. The summed E-state index contributed by atoms with van der Waals surface area (Å²) in [4.78, 5) is 18.0. The molecule has 1 aromatic carbocycles. The predicted octanol–water partition coefficient (Wildman–Crippen LogP) is 3.46. The molecule has 0 bridgehead atoms. The molecule has 0 unspecified atom stereocenters. The van der Waals surface area contributed by atoms with Crippen LogP contribution in [0.2, 0.25) is 0 Å². The largest absolute Gasteiger partial charge is 0.497 e. The van der Waals surface area contributed by atoms with E-state index in [0.717, 1.165) is 35.2 Å². The van der Waals surface area contributed by atoms with E-state index in [1.54, 1.807) is 18.4 Å². The standard InChI is InChI=1S/C17H20N2O2S/c1-11-3-8-14-15(9-11)22-17(18-14)19-16(20)10-12-4-6-13(21-2)7-5-12/h4-7,11H,3,8-10H2,1-2H3,(H,18,19,20)/t11-/m1/s1. The van der Waals surface area contributed by atoms with Gasteiger partial charge >= 0.3 is 0 Å². The van der Waals surface area contributed by atoms with Crippen LogP contribution < -0.4 is 10.1 Å². The third-order valence-electron chi connectivity index (χ3n) is 3.96. The van der Waals surface area contributed by atoms with Crippen molar-refractivity contribution in [1.82, 2.24) is 4.98 Å². The van der Waals surface area contributed by atoms with Gasteiger partial charge in [0.15, 0.2) is 5.13 Å². The maximum Gasteiger partial charge on any atom is 0.230 e. The number of nitrogens with one attached hydrogen (secondary N) is 1. The van der Waals surface area contributed by atoms with Crippen molar-refractivity contribution in [3.63, 3.8) is 0 Å². The Kier molecular flexibility index (Phi) is 4.43. The number of hydrogen-bond donors (Lipinski definition) is 1.